The Kier molecular flexibility index (Phi) is 4.07. The maximum absolute atomic E-state index is 3.59. The lowest BCUT2D eigenvalue weighted by atomic mass is 10.1. The zero-order chi connectivity index (χ0) is 8.97. The Morgan fingerprint density at radius 2 is 2.08 bits per heavy atom. The molecule has 1 fully saturated rings. The van der Waals surface area contributed by atoms with Gasteiger partial charge in [-0.3, -0.25) is 0 Å². The minimum atomic E-state index is 0.672. The molecular weight excluding hydrogens is 146 g/mol. The molecule has 0 amide bonds. The van der Waals surface area contributed by atoms with Gasteiger partial charge in [0.2, 0.25) is 0 Å². The van der Waals surface area contributed by atoms with Crippen molar-refractivity contribution >= 4 is 0 Å². The quantitative estimate of drug-likeness (QED) is 0.603. The molecule has 0 saturated heterocycles. The Morgan fingerprint density at radius 1 is 1.33 bits per heavy atom. The summed E-state index contributed by atoms with van der Waals surface area (Å²) in [4.78, 5) is 0. The molecule has 1 heteroatoms. The molecule has 12 heavy (non-hydrogen) atoms. The van der Waals surface area contributed by atoms with Gasteiger partial charge in [-0.2, -0.15) is 0 Å². The molecule has 1 saturated carbocycles. The van der Waals surface area contributed by atoms with E-state index in [9.17, 15) is 0 Å². The van der Waals surface area contributed by atoms with Crippen LogP contribution in [0.1, 0.15) is 52.9 Å². The molecule has 1 aliphatic rings. The Balaban J connectivity index is 1.93. The lowest BCUT2D eigenvalue weighted by Crippen LogP contribution is -2.26. The standard InChI is InChI=1S/C11H23N/c1-4-5-6-7-10-8-11(10)12-9(2)3/h9-12H,4-8H2,1-3H3/t10-,11+/m0/s1. The Hall–Kier alpha value is -0.0400. The zero-order valence-corrected chi connectivity index (χ0v) is 8.77. The van der Waals surface area contributed by atoms with Crippen molar-refractivity contribution in [1.82, 2.24) is 5.32 Å². The molecule has 0 aromatic heterocycles. The van der Waals surface area contributed by atoms with Crippen LogP contribution >= 0.6 is 0 Å². The van der Waals surface area contributed by atoms with Crippen LogP contribution in [-0.2, 0) is 0 Å². The molecule has 0 aromatic carbocycles. The molecular formula is C11H23N. The zero-order valence-electron chi connectivity index (χ0n) is 8.77. The van der Waals surface area contributed by atoms with Crippen molar-refractivity contribution in [3.05, 3.63) is 0 Å². The average Bonchev–Trinajstić information content (AvgIpc) is 2.67. The summed E-state index contributed by atoms with van der Waals surface area (Å²) in [5, 5.41) is 3.59. The fourth-order valence-corrected chi connectivity index (χ4v) is 1.86. The normalized spacial score (nSPS) is 28.0. The summed E-state index contributed by atoms with van der Waals surface area (Å²) in [5.74, 6) is 1.01. The maximum Gasteiger partial charge on any atom is 0.0101 e. The summed E-state index contributed by atoms with van der Waals surface area (Å²) < 4.78 is 0. The van der Waals surface area contributed by atoms with Gasteiger partial charge in [0.1, 0.15) is 0 Å². The van der Waals surface area contributed by atoms with Crippen LogP contribution in [0.25, 0.3) is 0 Å². The summed E-state index contributed by atoms with van der Waals surface area (Å²) in [6.45, 7) is 6.75. The summed E-state index contributed by atoms with van der Waals surface area (Å²) in [6, 6.07) is 1.54. The largest absolute Gasteiger partial charge is 0.311 e. The van der Waals surface area contributed by atoms with Crippen LogP contribution in [0.15, 0.2) is 0 Å². The van der Waals surface area contributed by atoms with Crippen LogP contribution in [0.3, 0.4) is 0 Å². The summed E-state index contributed by atoms with van der Waals surface area (Å²) in [6.07, 6.45) is 7.11. The third-order valence-electron chi connectivity index (χ3n) is 2.65. The third-order valence-corrected chi connectivity index (χ3v) is 2.65. The van der Waals surface area contributed by atoms with E-state index >= 15 is 0 Å². The van der Waals surface area contributed by atoms with Crippen LogP contribution in [0.5, 0.6) is 0 Å². The lowest BCUT2D eigenvalue weighted by Gasteiger charge is -2.06. The Labute approximate surface area is 76.9 Å². The third kappa shape index (κ3) is 3.57. The number of hydrogen-bond acceptors (Lipinski definition) is 1. The molecule has 0 spiro atoms. The van der Waals surface area contributed by atoms with Crippen LogP contribution in [0.2, 0.25) is 0 Å². The van der Waals surface area contributed by atoms with E-state index in [1.807, 2.05) is 0 Å². The number of hydrogen-bond donors (Lipinski definition) is 1. The first-order valence-corrected chi connectivity index (χ1v) is 5.50. The molecule has 0 bridgehead atoms. The molecule has 0 heterocycles. The molecule has 0 radical (unpaired) electrons. The monoisotopic (exact) mass is 169 g/mol. The molecule has 2 atom stereocenters. The highest BCUT2D eigenvalue weighted by atomic mass is 15.0. The second-order valence-corrected chi connectivity index (χ2v) is 4.42. The van der Waals surface area contributed by atoms with E-state index in [1.54, 1.807) is 0 Å². The highest BCUT2D eigenvalue weighted by Gasteiger charge is 2.35. The molecule has 1 nitrogen and oxygen atoms in total. The van der Waals surface area contributed by atoms with E-state index in [1.165, 1.54) is 32.1 Å². The van der Waals surface area contributed by atoms with E-state index in [4.69, 9.17) is 0 Å². The van der Waals surface area contributed by atoms with Gasteiger partial charge in [-0.15, -0.1) is 0 Å². The van der Waals surface area contributed by atoms with Gasteiger partial charge in [-0.05, 0) is 18.8 Å². The van der Waals surface area contributed by atoms with Gasteiger partial charge < -0.3 is 5.32 Å². The van der Waals surface area contributed by atoms with Crippen LogP contribution in [0.4, 0.5) is 0 Å². The Bertz CT molecular complexity index is 120. The van der Waals surface area contributed by atoms with Crippen molar-refractivity contribution in [3.8, 4) is 0 Å². The molecule has 0 aromatic rings. The first-order chi connectivity index (χ1) is 5.74. The number of rotatable bonds is 6. The number of unbranched alkanes of at least 4 members (excludes halogenated alkanes) is 2. The van der Waals surface area contributed by atoms with Gasteiger partial charge in [-0.25, -0.2) is 0 Å². The highest BCUT2D eigenvalue weighted by molar-refractivity contribution is 4.93. The van der Waals surface area contributed by atoms with Gasteiger partial charge in [0, 0.05) is 12.1 Å². The van der Waals surface area contributed by atoms with Gasteiger partial charge in [0.05, 0.1) is 0 Å². The van der Waals surface area contributed by atoms with Crippen molar-refractivity contribution < 1.29 is 0 Å². The van der Waals surface area contributed by atoms with Gasteiger partial charge in [0.25, 0.3) is 0 Å². The van der Waals surface area contributed by atoms with Crippen LogP contribution in [0, 0.1) is 5.92 Å². The average molecular weight is 169 g/mol. The van der Waals surface area contributed by atoms with Gasteiger partial charge in [-0.1, -0.05) is 40.0 Å². The van der Waals surface area contributed by atoms with Crippen molar-refractivity contribution in [1.29, 1.82) is 0 Å². The predicted octanol–water partition coefficient (Wildman–Crippen LogP) is 2.95. The maximum atomic E-state index is 3.59. The second kappa shape index (κ2) is 4.86. The summed E-state index contributed by atoms with van der Waals surface area (Å²) in [7, 11) is 0. The topological polar surface area (TPSA) is 12.0 Å². The predicted molar refractivity (Wildman–Crippen MR) is 54.3 cm³/mol. The molecule has 1 N–H and O–H groups in total. The molecule has 0 unspecified atom stereocenters. The minimum absolute atomic E-state index is 0.672. The van der Waals surface area contributed by atoms with Crippen molar-refractivity contribution in [2.45, 2.75) is 65.0 Å². The SMILES string of the molecule is CCCCC[C@H]1C[C@H]1NC(C)C. The lowest BCUT2D eigenvalue weighted by molar-refractivity contribution is 0.527. The van der Waals surface area contributed by atoms with E-state index in [2.05, 4.69) is 26.1 Å². The van der Waals surface area contributed by atoms with Crippen molar-refractivity contribution in [2.24, 2.45) is 5.92 Å². The van der Waals surface area contributed by atoms with Crippen molar-refractivity contribution in [3.63, 3.8) is 0 Å². The van der Waals surface area contributed by atoms with Crippen LogP contribution in [-0.4, -0.2) is 12.1 Å². The van der Waals surface area contributed by atoms with E-state index in [0.29, 0.717) is 6.04 Å². The molecule has 1 aliphatic carbocycles. The van der Waals surface area contributed by atoms with Gasteiger partial charge >= 0.3 is 0 Å². The van der Waals surface area contributed by atoms with E-state index < -0.39 is 0 Å². The molecule has 1 rings (SSSR count). The van der Waals surface area contributed by atoms with Gasteiger partial charge in [0.15, 0.2) is 0 Å². The minimum Gasteiger partial charge on any atom is -0.311 e. The summed E-state index contributed by atoms with van der Waals surface area (Å²) >= 11 is 0. The van der Waals surface area contributed by atoms with Crippen LogP contribution < -0.4 is 5.32 Å². The second-order valence-electron chi connectivity index (χ2n) is 4.42. The van der Waals surface area contributed by atoms with Crippen molar-refractivity contribution in [2.75, 3.05) is 0 Å². The fourth-order valence-electron chi connectivity index (χ4n) is 1.86. The molecule has 0 aliphatic heterocycles. The highest BCUT2D eigenvalue weighted by Crippen LogP contribution is 2.35. The first kappa shape index (κ1) is 10.0. The first-order valence-electron chi connectivity index (χ1n) is 5.50. The fraction of sp³-hybridized carbons (Fsp3) is 1.00. The number of nitrogens with one attached hydrogen (secondary N) is 1. The smallest absolute Gasteiger partial charge is 0.0101 e. The van der Waals surface area contributed by atoms with E-state index in [0.717, 1.165) is 12.0 Å². The summed E-state index contributed by atoms with van der Waals surface area (Å²) in [5.41, 5.74) is 0. The van der Waals surface area contributed by atoms with E-state index in [-0.39, 0.29) is 0 Å². The Morgan fingerprint density at radius 3 is 2.67 bits per heavy atom. The molecule has 72 valence electrons.